The van der Waals surface area contributed by atoms with E-state index in [1.807, 2.05) is 19.9 Å². The summed E-state index contributed by atoms with van der Waals surface area (Å²) >= 11 is 5.23. The van der Waals surface area contributed by atoms with Crippen LogP contribution in [0.4, 0.5) is 5.69 Å². The lowest BCUT2D eigenvalue weighted by molar-refractivity contribution is 0.0600. The maximum atomic E-state index is 11.6. The lowest BCUT2D eigenvalue weighted by atomic mass is 10.1. The Bertz CT molecular complexity index is 492. The van der Waals surface area contributed by atoms with Crippen molar-refractivity contribution < 1.29 is 14.3 Å². The molecule has 0 atom stereocenters. The van der Waals surface area contributed by atoms with E-state index in [-0.39, 0.29) is 5.97 Å². The van der Waals surface area contributed by atoms with E-state index in [1.165, 1.54) is 7.11 Å². The molecule has 0 amide bonds. The molecule has 1 aromatic carbocycles. The molecule has 0 aliphatic heterocycles. The summed E-state index contributed by atoms with van der Waals surface area (Å²) in [6, 6.07) is 5.39. The lowest BCUT2D eigenvalue weighted by Crippen LogP contribution is -2.30. The minimum Gasteiger partial charge on any atom is -0.465 e. The van der Waals surface area contributed by atoms with Crippen LogP contribution in [0.25, 0.3) is 0 Å². The maximum Gasteiger partial charge on any atom is 0.338 e. The summed E-state index contributed by atoms with van der Waals surface area (Å²) in [5.41, 5.74) is 2.13. The number of anilines is 1. The first-order valence-electron chi connectivity index (χ1n) is 6.90. The van der Waals surface area contributed by atoms with Crippen LogP contribution in [0.3, 0.4) is 0 Å². The molecule has 0 aromatic heterocycles. The van der Waals surface area contributed by atoms with Crippen LogP contribution in [0.5, 0.6) is 0 Å². The number of carbonyl (C=O) groups is 1. The van der Waals surface area contributed by atoms with Crippen molar-refractivity contribution in [2.24, 2.45) is 0 Å². The number of benzene rings is 1. The van der Waals surface area contributed by atoms with Crippen molar-refractivity contribution in [3.8, 4) is 0 Å². The summed E-state index contributed by atoms with van der Waals surface area (Å²) < 4.78 is 10.0. The molecule has 5 nitrogen and oxygen atoms in total. The number of methoxy groups -OCH3 is 1. The molecule has 6 heteroatoms. The monoisotopic (exact) mass is 310 g/mol. The first-order chi connectivity index (χ1) is 10.1. The van der Waals surface area contributed by atoms with Gasteiger partial charge in [-0.2, -0.15) is 0 Å². The summed E-state index contributed by atoms with van der Waals surface area (Å²) in [6.07, 6.45) is 0.886. The van der Waals surface area contributed by atoms with E-state index in [0.29, 0.717) is 17.3 Å². The summed E-state index contributed by atoms with van der Waals surface area (Å²) in [4.78, 5) is 11.6. The second-order valence-electron chi connectivity index (χ2n) is 4.40. The second-order valence-corrected chi connectivity index (χ2v) is 4.81. The SMILES string of the molecule is CCOCCCNC(=S)Nc1cccc(C(=O)OC)c1C. The fraction of sp³-hybridized carbons (Fsp3) is 0.467. The van der Waals surface area contributed by atoms with Gasteiger partial charge in [0.05, 0.1) is 12.7 Å². The van der Waals surface area contributed by atoms with Gasteiger partial charge >= 0.3 is 5.97 Å². The summed E-state index contributed by atoms with van der Waals surface area (Å²) in [6.45, 7) is 6.00. The molecule has 0 radical (unpaired) electrons. The zero-order valence-electron chi connectivity index (χ0n) is 12.7. The normalized spacial score (nSPS) is 10.0. The van der Waals surface area contributed by atoms with Gasteiger partial charge in [-0.1, -0.05) is 6.07 Å². The number of rotatable bonds is 7. The van der Waals surface area contributed by atoms with Crippen molar-refractivity contribution in [3.63, 3.8) is 0 Å². The molecule has 0 saturated heterocycles. The van der Waals surface area contributed by atoms with E-state index in [0.717, 1.165) is 30.8 Å². The topological polar surface area (TPSA) is 59.6 Å². The minimum absolute atomic E-state index is 0.355. The predicted octanol–water partition coefficient (Wildman–Crippen LogP) is 2.49. The van der Waals surface area contributed by atoms with E-state index in [1.54, 1.807) is 12.1 Å². The summed E-state index contributed by atoms with van der Waals surface area (Å²) in [5.74, 6) is -0.355. The molecular weight excluding hydrogens is 288 g/mol. The highest BCUT2D eigenvalue weighted by molar-refractivity contribution is 7.80. The Morgan fingerprint density at radius 3 is 2.81 bits per heavy atom. The first kappa shape index (κ1) is 17.4. The van der Waals surface area contributed by atoms with Crippen molar-refractivity contribution in [3.05, 3.63) is 29.3 Å². The zero-order chi connectivity index (χ0) is 15.7. The van der Waals surface area contributed by atoms with E-state index < -0.39 is 0 Å². The third kappa shape index (κ3) is 5.69. The smallest absolute Gasteiger partial charge is 0.338 e. The van der Waals surface area contributed by atoms with Gasteiger partial charge in [0, 0.05) is 25.4 Å². The molecule has 2 N–H and O–H groups in total. The predicted molar refractivity (Wildman–Crippen MR) is 87.9 cm³/mol. The van der Waals surface area contributed by atoms with E-state index in [4.69, 9.17) is 21.7 Å². The van der Waals surface area contributed by atoms with Gasteiger partial charge in [0.1, 0.15) is 0 Å². The van der Waals surface area contributed by atoms with Crippen LogP contribution >= 0.6 is 12.2 Å². The largest absolute Gasteiger partial charge is 0.465 e. The number of ether oxygens (including phenoxy) is 2. The molecule has 1 rings (SSSR count). The zero-order valence-corrected chi connectivity index (χ0v) is 13.5. The molecular formula is C15H22N2O3S. The summed E-state index contributed by atoms with van der Waals surface area (Å²) in [7, 11) is 1.37. The van der Waals surface area contributed by atoms with Gasteiger partial charge in [-0.05, 0) is 50.2 Å². The molecule has 0 saturated carbocycles. The maximum absolute atomic E-state index is 11.6. The quantitative estimate of drug-likeness (QED) is 0.458. The van der Waals surface area contributed by atoms with Gasteiger partial charge in [-0.25, -0.2) is 4.79 Å². The second kappa shape index (κ2) is 9.31. The van der Waals surface area contributed by atoms with Crippen molar-refractivity contribution in [2.75, 3.05) is 32.2 Å². The third-order valence-electron chi connectivity index (χ3n) is 2.94. The van der Waals surface area contributed by atoms with E-state index in [9.17, 15) is 4.79 Å². The van der Waals surface area contributed by atoms with Gasteiger partial charge < -0.3 is 20.1 Å². The van der Waals surface area contributed by atoms with Crippen molar-refractivity contribution in [1.82, 2.24) is 5.32 Å². The Morgan fingerprint density at radius 2 is 2.14 bits per heavy atom. The molecule has 0 bridgehead atoms. The van der Waals surface area contributed by atoms with Crippen LogP contribution in [0.15, 0.2) is 18.2 Å². The Morgan fingerprint density at radius 1 is 1.38 bits per heavy atom. The Kier molecular flexibility index (Phi) is 7.71. The molecule has 0 aliphatic carbocycles. The van der Waals surface area contributed by atoms with Gasteiger partial charge in [-0.15, -0.1) is 0 Å². The van der Waals surface area contributed by atoms with Crippen LogP contribution in [-0.2, 0) is 9.47 Å². The number of hydrogen-bond acceptors (Lipinski definition) is 4. The fourth-order valence-corrected chi connectivity index (χ4v) is 2.00. The Labute approximate surface area is 131 Å². The molecule has 0 fully saturated rings. The molecule has 0 heterocycles. The fourth-order valence-electron chi connectivity index (χ4n) is 1.79. The van der Waals surface area contributed by atoms with Crippen LogP contribution in [0.1, 0.15) is 29.3 Å². The first-order valence-corrected chi connectivity index (χ1v) is 7.31. The van der Waals surface area contributed by atoms with Gasteiger partial charge in [0.2, 0.25) is 0 Å². The standard InChI is InChI=1S/C15H22N2O3S/c1-4-20-10-6-9-16-15(21)17-13-8-5-7-12(11(13)2)14(18)19-3/h5,7-8H,4,6,9-10H2,1-3H3,(H2,16,17,21). The van der Waals surface area contributed by atoms with E-state index in [2.05, 4.69) is 10.6 Å². The number of hydrogen-bond donors (Lipinski definition) is 2. The summed E-state index contributed by atoms with van der Waals surface area (Å²) in [5, 5.41) is 6.72. The highest BCUT2D eigenvalue weighted by atomic mass is 32.1. The van der Waals surface area contributed by atoms with Crippen molar-refractivity contribution in [1.29, 1.82) is 0 Å². The van der Waals surface area contributed by atoms with Crippen LogP contribution in [0, 0.1) is 6.92 Å². The van der Waals surface area contributed by atoms with Crippen LogP contribution in [-0.4, -0.2) is 38.0 Å². The average molecular weight is 310 g/mol. The Balaban J connectivity index is 2.54. The molecule has 21 heavy (non-hydrogen) atoms. The Hall–Kier alpha value is -1.66. The highest BCUT2D eigenvalue weighted by Gasteiger charge is 2.12. The van der Waals surface area contributed by atoms with Crippen LogP contribution < -0.4 is 10.6 Å². The number of esters is 1. The van der Waals surface area contributed by atoms with Crippen molar-refractivity contribution >= 4 is 29.0 Å². The molecule has 0 spiro atoms. The van der Waals surface area contributed by atoms with Crippen LogP contribution in [0.2, 0.25) is 0 Å². The molecule has 1 aromatic rings. The minimum atomic E-state index is -0.355. The van der Waals surface area contributed by atoms with Gasteiger partial charge in [-0.3, -0.25) is 0 Å². The molecule has 0 aliphatic rings. The average Bonchev–Trinajstić information content (AvgIpc) is 2.48. The third-order valence-corrected chi connectivity index (χ3v) is 3.19. The number of thiocarbonyl (C=S) groups is 1. The lowest BCUT2D eigenvalue weighted by Gasteiger charge is -2.14. The van der Waals surface area contributed by atoms with Gasteiger partial charge in [0.25, 0.3) is 0 Å². The van der Waals surface area contributed by atoms with Crippen molar-refractivity contribution in [2.45, 2.75) is 20.3 Å². The van der Waals surface area contributed by atoms with E-state index >= 15 is 0 Å². The highest BCUT2D eigenvalue weighted by Crippen LogP contribution is 2.19. The molecule has 116 valence electrons. The number of nitrogens with one attached hydrogen (secondary N) is 2. The number of carbonyl (C=O) groups excluding carboxylic acids is 1. The van der Waals surface area contributed by atoms with Gasteiger partial charge in [0.15, 0.2) is 5.11 Å². The molecule has 0 unspecified atom stereocenters.